The molecule has 1 aromatic rings. The van der Waals surface area contributed by atoms with Gasteiger partial charge in [0.1, 0.15) is 5.82 Å². The van der Waals surface area contributed by atoms with E-state index in [9.17, 15) is 4.39 Å². The van der Waals surface area contributed by atoms with Crippen molar-refractivity contribution < 1.29 is 4.39 Å². The van der Waals surface area contributed by atoms with Crippen LogP contribution in [0.4, 0.5) is 10.1 Å². The normalized spacial score (nSPS) is 12.8. The summed E-state index contributed by atoms with van der Waals surface area (Å²) in [6.07, 6.45) is 1.15. The molecule has 0 fully saturated rings. The molecule has 0 bridgehead atoms. The van der Waals surface area contributed by atoms with Crippen LogP contribution >= 0.6 is 0 Å². The molecule has 16 heavy (non-hydrogen) atoms. The van der Waals surface area contributed by atoms with Crippen LogP contribution in [0.3, 0.4) is 0 Å². The molecule has 0 saturated carbocycles. The summed E-state index contributed by atoms with van der Waals surface area (Å²) in [5, 5.41) is 3.21. The number of halogens is 1. The topological polar surface area (TPSA) is 15.3 Å². The molecule has 0 spiro atoms. The fourth-order valence-corrected chi connectivity index (χ4v) is 1.51. The lowest BCUT2D eigenvalue weighted by atomic mass is 10.2. The highest BCUT2D eigenvalue weighted by Crippen LogP contribution is 2.08. The van der Waals surface area contributed by atoms with E-state index in [1.807, 2.05) is 6.07 Å². The molecule has 0 radical (unpaired) electrons. The molecule has 1 aromatic carbocycles. The Morgan fingerprint density at radius 3 is 2.81 bits per heavy atom. The maximum Gasteiger partial charge on any atom is 0.125 e. The smallest absolute Gasteiger partial charge is 0.125 e. The molecule has 1 N–H and O–H groups in total. The summed E-state index contributed by atoms with van der Waals surface area (Å²) in [5.41, 5.74) is 0.845. The molecular formula is C13H21FN2. The fourth-order valence-electron chi connectivity index (χ4n) is 1.51. The van der Waals surface area contributed by atoms with Crippen LogP contribution in [-0.2, 0) is 0 Å². The van der Waals surface area contributed by atoms with E-state index in [4.69, 9.17) is 0 Å². The largest absolute Gasteiger partial charge is 0.384 e. The van der Waals surface area contributed by atoms with Gasteiger partial charge in [0.2, 0.25) is 0 Å². The highest BCUT2D eigenvalue weighted by molar-refractivity contribution is 5.42. The minimum atomic E-state index is -0.194. The van der Waals surface area contributed by atoms with E-state index in [0.717, 1.165) is 25.2 Å². The van der Waals surface area contributed by atoms with Crippen LogP contribution in [0, 0.1) is 5.82 Å². The maximum absolute atomic E-state index is 12.9. The summed E-state index contributed by atoms with van der Waals surface area (Å²) >= 11 is 0. The van der Waals surface area contributed by atoms with Gasteiger partial charge in [-0.15, -0.1) is 0 Å². The van der Waals surface area contributed by atoms with Gasteiger partial charge in [0.05, 0.1) is 0 Å². The first-order valence-electron chi connectivity index (χ1n) is 5.83. The fraction of sp³-hybridized carbons (Fsp3) is 0.538. The van der Waals surface area contributed by atoms with E-state index in [1.54, 1.807) is 6.07 Å². The number of likely N-dealkylation sites (N-methyl/N-ethyl adjacent to an activating group) is 1. The number of benzene rings is 1. The second kappa shape index (κ2) is 6.48. The number of nitrogens with one attached hydrogen (secondary N) is 1. The van der Waals surface area contributed by atoms with Gasteiger partial charge in [-0.2, -0.15) is 0 Å². The third kappa shape index (κ3) is 4.19. The van der Waals surface area contributed by atoms with Crippen LogP contribution < -0.4 is 5.32 Å². The number of anilines is 1. The quantitative estimate of drug-likeness (QED) is 0.799. The minimum Gasteiger partial charge on any atom is -0.384 e. The third-order valence-corrected chi connectivity index (χ3v) is 2.96. The van der Waals surface area contributed by atoms with Crippen LogP contribution in [0.2, 0.25) is 0 Å². The SMILES string of the molecule is CCC(C)N(C)CCNc1cccc(F)c1. The van der Waals surface area contributed by atoms with Crippen molar-refractivity contribution in [3.05, 3.63) is 30.1 Å². The van der Waals surface area contributed by atoms with E-state index in [0.29, 0.717) is 6.04 Å². The monoisotopic (exact) mass is 224 g/mol. The molecule has 1 rings (SSSR count). The van der Waals surface area contributed by atoms with Crippen LogP contribution in [-0.4, -0.2) is 31.1 Å². The van der Waals surface area contributed by atoms with Crippen LogP contribution in [0.1, 0.15) is 20.3 Å². The molecule has 3 heteroatoms. The maximum atomic E-state index is 12.9. The van der Waals surface area contributed by atoms with E-state index in [-0.39, 0.29) is 5.82 Å². The molecule has 0 aliphatic carbocycles. The molecule has 0 aliphatic rings. The molecule has 1 atom stereocenters. The lowest BCUT2D eigenvalue weighted by Crippen LogP contribution is -2.32. The van der Waals surface area contributed by atoms with E-state index in [1.165, 1.54) is 12.1 Å². The summed E-state index contributed by atoms with van der Waals surface area (Å²) in [6.45, 7) is 6.19. The van der Waals surface area contributed by atoms with Crippen molar-refractivity contribution >= 4 is 5.69 Å². The first-order valence-corrected chi connectivity index (χ1v) is 5.83. The summed E-state index contributed by atoms with van der Waals surface area (Å²) in [5.74, 6) is -0.194. The molecule has 2 nitrogen and oxygen atoms in total. The van der Waals surface area contributed by atoms with Gasteiger partial charge in [0, 0.05) is 24.8 Å². The zero-order chi connectivity index (χ0) is 12.0. The zero-order valence-electron chi connectivity index (χ0n) is 10.3. The average Bonchev–Trinajstić information content (AvgIpc) is 2.28. The van der Waals surface area contributed by atoms with Gasteiger partial charge >= 0.3 is 0 Å². The van der Waals surface area contributed by atoms with Crippen molar-refractivity contribution in [2.45, 2.75) is 26.3 Å². The Balaban J connectivity index is 2.30. The summed E-state index contributed by atoms with van der Waals surface area (Å²) < 4.78 is 12.9. The Morgan fingerprint density at radius 1 is 1.44 bits per heavy atom. The number of nitrogens with zero attached hydrogens (tertiary/aromatic N) is 1. The van der Waals surface area contributed by atoms with Crippen molar-refractivity contribution in [3.8, 4) is 0 Å². The molecule has 0 amide bonds. The first-order chi connectivity index (χ1) is 7.63. The number of hydrogen-bond acceptors (Lipinski definition) is 2. The van der Waals surface area contributed by atoms with Crippen LogP contribution in [0.25, 0.3) is 0 Å². The Hall–Kier alpha value is -1.09. The Bertz CT molecular complexity index is 315. The third-order valence-electron chi connectivity index (χ3n) is 2.96. The molecule has 1 unspecified atom stereocenters. The Kier molecular flexibility index (Phi) is 5.26. The molecule has 0 saturated heterocycles. The highest BCUT2D eigenvalue weighted by Gasteiger charge is 2.05. The Labute approximate surface area is 97.5 Å². The van der Waals surface area contributed by atoms with Gasteiger partial charge in [-0.05, 0) is 38.6 Å². The van der Waals surface area contributed by atoms with Gasteiger partial charge in [0.25, 0.3) is 0 Å². The molecule has 90 valence electrons. The van der Waals surface area contributed by atoms with Crippen molar-refractivity contribution in [1.29, 1.82) is 0 Å². The second-order valence-corrected chi connectivity index (χ2v) is 4.18. The summed E-state index contributed by atoms with van der Waals surface area (Å²) in [4.78, 5) is 2.30. The second-order valence-electron chi connectivity index (χ2n) is 4.18. The first kappa shape index (κ1) is 13.0. The molecule has 0 heterocycles. The van der Waals surface area contributed by atoms with E-state index < -0.39 is 0 Å². The van der Waals surface area contributed by atoms with E-state index in [2.05, 4.69) is 31.1 Å². The van der Waals surface area contributed by atoms with Gasteiger partial charge in [-0.3, -0.25) is 0 Å². The molecule has 0 aromatic heterocycles. The van der Waals surface area contributed by atoms with Crippen molar-refractivity contribution in [3.63, 3.8) is 0 Å². The number of rotatable bonds is 6. The van der Waals surface area contributed by atoms with Gasteiger partial charge in [0.15, 0.2) is 0 Å². The van der Waals surface area contributed by atoms with Gasteiger partial charge in [-0.1, -0.05) is 13.0 Å². The van der Waals surface area contributed by atoms with Crippen LogP contribution in [0.15, 0.2) is 24.3 Å². The van der Waals surface area contributed by atoms with Crippen molar-refractivity contribution in [2.75, 3.05) is 25.5 Å². The zero-order valence-corrected chi connectivity index (χ0v) is 10.3. The van der Waals surface area contributed by atoms with Crippen molar-refractivity contribution in [1.82, 2.24) is 4.90 Å². The molecule has 0 aliphatic heterocycles. The standard InChI is InChI=1S/C13H21FN2/c1-4-11(2)16(3)9-8-15-13-7-5-6-12(14)10-13/h5-7,10-11,15H,4,8-9H2,1-3H3. The van der Waals surface area contributed by atoms with E-state index >= 15 is 0 Å². The molecular weight excluding hydrogens is 203 g/mol. The van der Waals surface area contributed by atoms with Gasteiger partial charge < -0.3 is 10.2 Å². The summed E-state index contributed by atoms with van der Waals surface area (Å²) in [6, 6.07) is 7.16. The minimum absolute atomic E-state index is 0.194. The van der Waals surface area contributed by atoms with Gasteiger partial charge in [-0.25, -0.2) is 4.39 Å². The lowest BCUT2D eigenvalue weighted by Gasteiger charge is -2.23. The predicted molar refractivity (Wildman–Crippen MR) is 67.3 cm³/mol. The predicted octanol–water partition coefficient (Wildman–Crippen LogP) is 2.97. The number of hydrogen-bond donors (Lipinski definition) is 1. The average molecular weight is 224 g/mol. The van der Waals surface area contributed by atoms with Crippen molar-refractivity contribution in [2.24, 2.45) is 0 Å². The van der Waals surface area contributed by atoms with Crippen LogP contribution in [0.5, 0.6) is 0 Å². The Morgan fingerprint density at radius 2 is 2.19 bits per heavy atom. The summed E-state index contributed by atoms with van der Waals surface area (Å²) in [7, 11) is 2.11. The highest BCUT2D eigenvalue weighted by atomic mass is 19.1. The lowest BCUT2D eigenvalue weighted by molar-refractivity contribution is 0.261.